The van der Waals surface area contributed by atoms with Crippen molar-refractivity contribution in [2.24, 2.45) is 0 Å². The van der Waals surface area contributed by atoms with Crippen molar-refractivity contribution < 1.29 is 28.1 Å². The highest BCUT2D eigenvalue weighted by molar-refractivity contribution is 6.33. The number of aryl methyl sites for hydroxylation is 2. The van der Waals surface area contributed by atoms with Crippen molar-refractivity contribution >= 4 is 35.1 Å². The summed E-state index contributed by atoms with van der Waals surface area (Å²) in [6, 6.07) is 28.1. The highest BCUT2D eigenvalue weighted by Gasteiger charge is 2.26. The normalized spacial score (nSPS) is 10.9. The second-order valence-electron chi connectivity index (χ2n) is 9.71. The summed E-state index contributed by atoms with van der Waals surface area (Å²) < 4.78 is 21.8. The van der Waals surface area contributed by atoms with Gasteiger partial charge in [0.05, 0.1) is 10.0 Å². The van der Waals surface area contributed by atoms with E-state index in [1.54, 1.807) is 86.6 Å². The summed E-state index contributed by atoms with van der Waals surface area (Å²) in [6.45, 7) is 3.28. The molecule has 6 aromatic rings. The fourth-order valence-corrected chi connectivity index (χ4v) is 5.10. The van der Waals surface area contributed by atoms with Gasteiger partial charge < -0.3 is 18.5 Å². The van der Waals surface area contributed by atoms with E-state index in [1.807, 2.05) is 24.3 Å². The second-order valence-corrected chi connectivity index (χ2v) is 10.5. The number of ether oxygens (including phenoxy) is 2. The lowest BCUT2D eigenvalue weighted by atomic mass is 10.1. The molecule has 0 aliphatic rings. The van der Waals surface area contributed by atoms with Gasteiger partial charge in [-0.25, -0.2) is 9.59 Å². The van der Waals surface area contributed by atoms with Gasteiger partial charge in [0.25, 0.3) is 0 Å². The van der Waals surface area contributed by atoms with Crippen LogP contribution >= 0.6 is 23.2 Å². The van der Waals surface area contributed by atoms with Crippen molar-refractivity contribution in [3.05, 3.63) is 130 Å². The van der Waals surface area contributed by atoms with E-state index in [0.29, 0.717) is 55.6 Å². The Morgan fingerprint density at radius 3 is 1.30 bits per heavy atom. The topological polar surface area (TPSA) is 105 Å². The summed E-state index contributed by atoms with van der Waals surface area (Å²) in [6.07, 6.45) is 0. The van der Waals surface area contributed by atoms with E-state index >= 15 is 0 Å². The quantitative estimate of drug-likeness (QED) is 0.128. The largest absolute Gasteiger partial charge is 0.423 e. The van der Waals surface area contributed by atoms with Gasteiger partial charge in [-0.2, -0.15) is 0 Å². The maximum absolute atomic E-state index is 13.1. The molecule has 0 saturated heterocycles. The summed E-state index contributed by atoms with van der Waals surface area (Å²) in [5, 5.41) is 8.93. The summed E-state index contributed by atoms with van der Waals surface area (Å²) >= 11 is 12.6. The minimum atomic E-state index is -0.613. The molecule has 0 bridgehead atoms. The molecular formula is C34H22Cl2N2O6. The number of hydrogen-bond acceptors (Lipinski definition) is 8. The zero-order valence-electron chi connectivity index (χ0n) is 23.3. The van der Waals surface area contributed by atoms with Gasteiger partial charge in [0, 0.05) is 11.1 Å². The van der Waals surface area contributed by atoms with E-state index in [2.05, 4.69) is 10.3 Å². The van der Waals surface area contributed by atoms with Crippen molar-refractivity contribution in [1.82, 2.24) is 10.3 Å². The Morgan fingerprint density at radius 2 is 0.932 bits per heavy atom. The van der Waals surface area contributed by atoms with Crippen molar-refractivity contribution in [2.75, 3.05) is 0 Å². The molecule has 44 heavy (non-hydrogen) atoms. The summed E-state index contributed by atoms with van der Waals surface area (Å²) in [4.78, 5) is 26.2. The van der Waals surface area contributed by atoms with Gasteiger partial charge in [-0.1, -0.05) is 94.2 Å². The fourth-order valence-electron chi connectivity index (χ4n) is 4.65. The first-order valence-electron chi connectivity index (χ1n) is 13.4. The lowest BCUT2D eigenvalue weighted by Gasteiger charge is -2.09. The van der Waals surface area contributed by atoms with Gasteiger partial charge in [-0.05, 0) is 61.4 Å². The van der Waals surface area contributed by atoms with Crippen LogP contribution in [0.25, 0.3) is 33.6 Å². The number of esters is 2. The Morgan fingerprint density at radius 1 is 0.568 bits per heavy atom. The molecule has 0 unspecified atom stereocenters. The van der Waals surface area contributed by atoms with Crippen LogP contribution in [0, 0.1) is 13.8 Å². The van der Waals surface area contributed by atoms with E-state index in [-0.39, 0.29) is 11.1 Å². The van der Waals surface area contributed by atoms with Gasteiger partial charge in [-0.3, -0.25) is 0 Å². The average Bonchev–Trinajstić information content (AvgIpc) is 3.60. The molecule has 2 aromatic heterocycles. The minimum absolute atomic E-state index is 0.202. The third-order valence-corrected chi connectivity index (χ3v) is 7.51. The van der Waals surface area contributed by atoms with E-state index in [0.717, 1.165) is 11.1 Å². The molecular weight excluding hydrogens is 603 g/mol. The van der Waals surface area contributed by atoms with Crippen LogP contribution in [-0.2, 0) is 0 Å². The Labute approximate surface area is 261 Å². The van der Waals surface area contributed by atoms with Gasteiger partial charge in [0.15, 0.2) is 0 Å². The van der Waals surface area contributed by atoms with Crippen LogP contribution in [0.15, 0.2) is 106 Å². The summed E-state index contributed by atoms with van der Waals surface area (Å²) in [5.74, 6) is 0.0988. The molecule has 218 valence electrons. The predicted molar refractivity (Wildman–Crippen MR) is 165 cm³/mol. The highest BCUT2D eigenvalue weighted by Crippen LogP contribution is 2.34. The van der Waals surface area contributed by atoms with Crippen LogP contribution in [0.4, 0.5) is 0 Å². The Kier molecular flexibility index (Phi) is 8.02. The Bertz CT molecular complexity index is 1850. The molecule has 4 aromatic carbocycles. The zero-order chi connectivity index (χ0) is 30.8. The summed E-state index contributed by atoms with van der Waals surface area (Å²) in [5.41, 5.74) is 3.89. The Hall–Kier alpha value is -5.18. The van der Waals surface area contributed by atoms with E-state index < -0.39 is 11.9 Å². The van der Waals surface area contributed by atoms with Gasteiger partial charge in [0.1, 0.15) is 45.5 Å². The van der Waals surface area contributed by atoms with E-state index in [4.69, 9.17) is 41.7 Å². The van der Waals surface area contributed by atoms with Crippen LogP contribution in [0.1, 0.15) is 32.2 Å². The molecule has 0 atom stereocenters. The lowest BCUT2D eigenvalue weighted by molar-refractivity contribution is 0.0723. The SMILES string of the molecule is Cc1onc(-c2ccccc2Cl)c1C(=O)Oc1ccc(-c2ccc(OC(=O)c3c(-c4ccccc4Cl)noc3C)cc2)cc1. The van der Waals surface area contributed by atoms with Crippen LogP contribution in [-0.4, -0.2) is 22.3 Å². The fraction of sp³-hybridized carbons (Fsp3) is 0.0588. The lowest BCUT2D eigenvalue weighted by Crippen LogP contribution is -2.10. The molecule has 10 heteroatoms. The molecule has 0 N–H and O–H groups in total. The molecule has 0 spiro atoms. The smallest absolute Gasteiger partial charge is 0.349 e. The molecule has 0 aliphatic carbocycles. The first kappa shape index (κ1) is 28.9. The third-order valence-electron chi connectivity index (χ3n) is 6.85. The molecule has 2 heterocycles. The number of aromatic nitrogens is 2. The first-order chi connectivity index (χ1) is 21.3. The Balaban J connectivity index is 1.15. The molecule has 0 saturated carbocycles. The third kappa shape index (κ3) is 5.73. The molecule has 0 aliphatic heterocycles. The minimum Gasteiger partial charge on any atom is -0.423 e. The summed E-state index contributed by atoms with van der Waals surface area (Å²) in [7, 11) is 0. The van der Waals surface area contributed by atoms with Crippen LogP contribution in [0.5, 0.6) is 11.5 Å². The maximum Gasteiger partial charge on any atom is 0.349 e. The molecule has 0 radical (unpaired) electrons. The van der Waals surface area contributed by atoms with Crippen LogP contribution in [0.3, 0.4) is 0 Å². The number of halogens is 2. The van der Waals surface area contributed by atoms with Crippen molar-refractivity contribution in [1.29, 1.82) is 0 Å². The van der Waals surface area contributed by atoms with Gasteiger partial charge in [-0.15, -0.1) is 0 Å². The van der Waals surface area contributed by atoms with E-state index in [9.17, 15) is 9.59 Å². The first-order valence-corrected chi connectivity index (χ1v) is 14.1. The van der Waals surface area contributed by atoms with E-state index in [1.165, 1.54) is 0 Å². The van der Waals surface area contributed by atoms with Crippen LogP contribution < -0.4 is 9.47 Å². The predicted octanol–water partition coefficient (Wildman–Crippen LogP) is 9.03. The molecule has 0 fully saturated rings. The number of nitrogens with zero attached hydrogens (tertiary/aromatic N) is 2. The number of rotatable bonds is 7. The van der Waals surface area contributed by atoms with Crippen molar-refractivity contribution in [3.8, 4) is 45.1 Å². The zero-order valence-corrected chi connectivity index (χ0v) is 24.8. The molecule has 8 nitrogen and oxygen atoms in total. The molecule has 0 amide bonds. The number of carbonyl (C=O) groups excluding carboxylic acids is 2. The number of carbonyl (C=O) groups is 2. The monoisotopic (exact) mass is 624 g/mol. The van der Waals surface area contributed by atoms with Gasteiger partial charge in [0.2, 0.25) is 0 Å². The van der Waals surface area contributed by atoms with Crippen molar-refractivity contribution in [3.63, 3.8) is 0 Å². The molecule has 6 rings (SSSR count). The number of hydrogen-bond donors (Lipinski definition) is 0. The van der Waals surface area contributed by atoms with Crippen molar-refractivity contribution in [2.45, 2.75) is 13.8 Å². The second kappa shape index (κ2) is 12.2. The maximum atomic E-state index is 13.1. The standard InChI is InChI=1S/C34H22Cl2N2O6/c1-19-29(31(37-43-19)25-7-3-5-9-27(25)35)33(39)41-23-15-11-21(12-16-23)22-13-17-24(18-14-22)42-34(40)30-20(2)44-38-32(30)26-8-4-6-10-28(26)36/h3-18H,1-2H3. The highest BCUT2D eigenvalue weighted by atomic mass is 35.5. The number of benzene rings is 4. The van der Waals surface area contributed by atoms with Crippen LogP contribution in [0.2, 0.25) is 10.0 Å². The van der Waals surface area contributed by atoms with Gasteiger partial charge >= 0.3 is 11.9 Å². The average molecular weight is 625 g/mol.